The molecule has 1 aromatic rings. The largest absolute Gasteiger partial charge is 0.337 e. The van der Waals surface area contributed by atoms with Gasteiger partial charge in [0.1, 0.15) is 12.0 Å². The number of nitrogens with one attached hydrogen (secondary N) is 2. The summed E-state index contributed by atoms with van der Waals surface area (Å²) in [6, 6.07) is 3.62. The number of carbonyl (C=O) groups is 1. The zero-order chi connectivity index (χ0) is 28.9. The number of hydrogen-bond donors (Lipinski definition) is 2. The Morgan fingerprint density at radius 1 is 1.05 bits per heavy atom. The molecule has 4 aliphatic carbocycles. The molecule has 0 spiro atoms. The predicted molar refractivity (Wildman–Crippen MR) is 153 cm³/mol. The molecule has 4 unspecified atom stereocenters. The summed E-state index contributed by atoms with van der Waals surface area (Å²) in [5.74, 6) is 3.17. The minimum absolute atomic E-state index is 0.137. The third-order valence-corrected chi connectivity index (χ3v) is 13.6. The number of sulfonamides is 1. The molecule has 8 heteroatoms. The van der Waals surface area contributed by atoms with E-state index < -0.39 is 28.0 Å². The summed E-state index contributed by atoms with van der Waals surface area (Å²) < 4.78 is 55.4. The monoisotopic (exact) mass is 578 g/mol. The average Bonchev–Trinajstić information content (AvgIpc) is 3.25. The molecule has 224 valence electrons. The molecule has 0 radical (unpaired) electrons. The average molecular weight is 579 g/mol. The number of halogens is 2. The highest BCUT2D eigenvalue weighted by atomic mass is 32.2. The first kappa shape index (κ1) is 29.8. The minimum Gasteiger partial charge on any atom is -0.337 e. The fourth-order valence-corrected chi connectivity index (χ4v) is 11.4. The Labute approximate surface area is 239 Å². The van der Waals surface area contributed by atoms with E-state index in [1.807, 2.05) is 4.72 Å². The predicted octanol–water partition coefficient (Wildman–Crippen LogP) is 7.47. The second kappa shape index (κ2) is 11.2. The first-order valence-corrected chi connectivity index (χ1v) is 17.1. The molecule has 4 saturated carbocycles. The summed E-state index contributed by atoms with van der Waals surface area (Å²) in [5, 5.41) is 2.72. The van der Waals surface area contributed by atoms with Crippen molar-refractivity contribution >= 4 is 16.1 Å². The van der Waals surface area contributed by atoms with Gasteiger partial charge in [-0.3, -0.25) is 0 Å². The summed E-state index contributed by atoms with van der Waals surface area (Å²) in [6.07, 6.45) is 10.2. The Hall–Kier alpha value is -1.70. The molecule has 5 rings (SSSR count). The van der Waals surface area contributed by atoms with E-state index in [1.165, 1.54) is 38.5 Å². The number of amides is 2. The Kier molecular flexibility index (Phi) is 8.32. The molecule has 0 aliphatic heterocycles. The summed E-state index contributed by atoms with van der Waals surface area (Å²) in [7, 11) is -4.06. The molecule has 0 heterocycles. The first-order chi connectivity index (χ1) is 18.9. The van der Waals surface area contributed by atoms with Gasteiger partial charge in [-0.1, -0.05) is 34.1 Å². The molecule has 0 aromatic heterocycles. The van der Waals surface area contributed by atoms with Gasteiger partial charge >= 0.3 is 6.03 Å². The van der Waals surface area contributed by atoms with Crippen LogP contribution in [-0.2, 0) is 10.0 Å². The lowest BCUT2D eigenvalue weighted by molar-refractivity contribution is -0.157. The highest BCUT2D eigenvalue weighted by molar-refractivity contribution is 7.90. The van der Waals surface area contributed by atoms with Gasteiger partial charge in [-0.15, -0.1) is 0 Å². The van der Waals surface area contributed by atoms with Gasteiger partial charge in [0.2, 0.25) is 0 Å². The van der Waals surface area contributed by atoms with Gasteiger partial charge in [0.15, 0.2) is 0 Å². The van der Waals surface area contributed by atoms with Crippen LogP contribution in [0.5, 0.6) is 0 Å². The molecular formula is C32H48F2N2O3S. The van der Waals surface area contributed by atoms with Gasteiger partial charge in [-0.2, -0.15) is 0 Å². The third-order valence-electron chi connectivity index (χ3n) is 12.2. The second-order valence-corrected chi connectivity index (χ2v) is 15.7. The number of benzene rings is 1. The van der Waals surface area contributed by atoms with E-state index in [0.29, 0.717) is 42.1 Å². The molecule has 1 aromatic carbocycles. The summed E-state index contributed by atoms with van der Waals surface area (Å²) in [5.41, 5.74) is 0.401. The van der Waals surface area contributed by atoms with E-state index in [2.05, 4.69) is 33.0 Å². The van der Waals surface area contributed by atoms with Crippen molar-refractivity contribution in [3.63, 3.8) is 0 Å². The molecule has 5 nitrogen and oxygen atoms in total. The maximum absolute atomic E-state index is 15.4. The fraction of sp³-hybridized carbons (Fsp3) is 0.781. The van der Waals surface area contributed by atoms with Crippen molar-refractivity contribution in [3.8, 4) is 0 Å². The van der Waals surface area contributed by atoms with Crippen LogP contribution in [0.3, 0.4) is 0 Å². The van der Waals surface area contributed by atoms with Crippen molar-refractivity contribution < 1.29 is 22.0 Å². The molecule has 4 fully saturated rings. The smallest absolute Gasteiger partial charge is 0.328 e. The normalized spacial score (nSPS) is 39.9. The van der Waals surface area contributed by atoms with Crippen LogP contribution in [0, 0.1) is 58.1 Å². The topological polar surface area (TPSA) is 75.3 Å². The van der Waals surface area contributed by atoms with Gasteiger partial charge in [-0.05, 0) is 134 Å². The van der Waals surface area contributed by atoms with E-state index in [0.717, 1.165) is 49.9 Å². The van der Waals surface area contributed by atoms with Crippen LogP contribution in [0.15, 0.2) is 29.2 Å². The number of hydrogen-bond acceptors (Lipinski definition) is 3. The van der Waals surface area contributed by atoms with Crippen molar-refractivity contribution in [3.05, 3.63) is 30.1 Å². The zero-order valence-corrected chi connectivity index (χ0v) is 25.4. The van der Waals surface area contributed by atoms with E-state index in [4.69, 9.17) is 0 Å². The maximum Gasteiger partial charge on any atom is 0.328 e. The summed E-state index contributed by atoms with van der Waals surface area (Å²) in [4.78, 5) is 12.2. The lowest BCUT2D eigenvalue weighted by Crippen LogP contribution is -2.58. The molecule has 2 amide bonds. The van der Waals surface area contributed by atoms with Crippen molar-refractivity contribution in [1.82, 2.24) is 10.0 Å². The highest BCUT2D eigenvalue weighted by Crippen LogP contribution is 2.69. The van der Waals surface area contributed by atoms with E-state index in [-0.39, 0.29) is 21.6 Å². The van der Waals surface area contributed by atoms with Crippen LogP contribution < -0.4 is 10.0 Å². The van der Waals surface area contributed by atoms with Gasteiger partial charge < -0.3 is 5.32 Å². The molecule has 0 saturated heterocycles. The van der Waals surface area contributed by atoms with Crippen LogP contribution in [0.2, 0.25) is 0 Å². The lowest BCUT2D eigenvalue weighted by atomic mass is 9.42. The standard InChI is InChI=1S/C32H48F2N2O3S/c1-5-21-19-24-26-13-12-25(31(26,3)17-14-27(24)32(4)16-6-7-28(34)29(21)32)20(2)15-18-35-30(37)36-40(38,39)23-10-8-22(33)9-11-23/h8-11,20-21,24-29H,5-7,12-19H2,1-4H3,(H2,35,36,37)/t20-,21+,24?,25?,26?,27?,28+,29-,31-,32-/m1/s1. The first-order valence-electron chi connectivity index (χ1n) is 15.6. The van der Waals surface area contributed by atoms with Crippen LogP contribution in [-0.4, -0.2) is 27.2 Å². The van der Waals surface area contributed by atoms with E-state index >= 15 is 4.39 Å². The third kappa shape index (κ3) is 5.20. The van der Waals surface area contributed by atoms with Crippen molar-refractivity contribution in [2.75, 3.05) is 6.54 Å². The number of alkyl halides is 1. The quantitative estimate of drug-likeness (QED) is 0.352. The Morgan fingerprint density at radius 2 is 1.75 bits per heavy atom. The molecule has 2 N–H and O–H groups in total. The van der Waals surface area contributed by atoms with Crippen molar-refractivity contribution in [2.45, 2.75) is 103 Å². The van der Waals surface area contributed by atoms with Crippen LogP contribution in [0.1, 0.15) is 91.9 Å². The van der Waals surface area contributed by atoms with E-state index in [1.54, 1.807) is 0 Å². The molecule has 40 heavy (non-hydrogen) atoms. The second-order valence-electron chi connectivity index (χ2n) is 14.0. The van der Waals surface area contributed by atoms with Gasteiger partial charge in [0.25, 0.3) is 10.0 Å². The van der Waals surface area contributed by atoms with Gasteiger partial charge in [0.05, 0.1) is 4.90 Å². The SMILES string of the molecule is CC[C@H]1CC2C3CCC([C@H](C)CCNC(=O)NS(=O)(=O)c4ccc(F)cc4)[C@@]3(C)CCC2[C@@]2(C)CCC[C@H](F)[C@@H]12. The highest BCUT2D eigenvalue weighted by Gasteiger charge is 2.63. The van der Waals surface area contributed by atoms with Crippen molar-refractivity contribution in [1.29, 1.82) is 0 Å². The zero-order valence-electron chi connectivity index (χ0n) is 24.6. The Balaban J connectivity index is 1.20. The summed E-state index contributed by atoms with van der Waals surface area (Å²) >= 11 is 0. The van der Waals surface area contributed by atoms with Crippen molar-refractivity contribution in [2.24, 2.45) is 52.3 Å². The Morgan fingerprint density at radius 3 is 2.45 bits per heavy atom. The number of fused-ring (bicyclic) bond motifs is 5. The Bertz CT molecular complexity index is 1180. The fourth-order valence-electron chi connectivity index (χ4n) is 10.5. The number of rotatable bonds is 7. The number of urea groups is 1. The molecule has 10 atom stereocenters. The van der Waals surface area contributed by atoms with E-state index in [9.17, 15) is 17.6 Å². The molecular weight excluding hydrogens is 530 g/mol. The maximum atomic E-state index is 15.4. The van der Waals surface area contributed by atoms with Crippen LogP contribution in [0.25, 0.3) is 0 Å². The summed E-state index contributed by atoms with van der Waals surface area (Å²) in [6.45, 7) is 9.88. The number of carbonyl (C=O) groups excluding carboxylic acids is 1. The molecule has 4 aliphatic rings. The van der Waals surface area contributed by atoms with Gasteiger partial charge in [0, 0.05) is 6.54 Å². The van der Waals surface area contributed by atoms with Crippen LogP contribution >= 0.6 is 0 Å². The molecule has 0 bridgehead atoms. The van der Waals surface area contributed by atoms with Crippen LogP contribution in [0.4, 0.5) is 13.6 Å². The lowest BCUT2D eigenvalue weighted by Gasteiger charge is -2.63. The minimum atomic E-state index is -4.06. The van der Waals surface area contributed by atoms with Gasteiger partial charge in [-0.25, -0.2) is 26.7 Å².